The summed E-state index contributed by atoms with van der Waals surface area (Å²) in [6.45, 7) is 4.17. The topological polar surface area (TPSA) is 28.2 Å². The van der Waals surface area contributed by atoms with Crippen LogP contribution in [0.25, 0.3) is 0 Å². The van der Waals surface area contributed by atoms with Crippen molar-refractivity contribution in [2.24, 2.45) is 11.8 Å². The maximum absolute atomic E-state index is 13.4. The van der Waals surface area contributed by atoms with E-state index in [1.807, 2.05) is 0 Å². The van der Waals surface area contributed by atoms with Gasteiger partial charge in [0.15, 0.2) is 11.0 Å². The number of fused-ring (bicyclic) bond motifs is 1. The van der Waals surface area contributed by atoms with Crippen LogP contribution in [0.15, 0.2) is 12.3 Å². The molecule has 0 bridgehead atoms. The number of aromatic nitrogens is 1. The predicted molar refractivity (Wildman–Crippen MR) is 65.9 cm³/mol. The number of pyridine rings is 1. The van der Waals surface area contributed by atoms with Crippen LogP contribution >= 0.6 is 11.6 Å². The molecule has 2 atom stereocenters. The lowest BCUT2D eigenvalue weighted by Crippen LogP contribution is -2.40. The number of piperidine rings is 1. The van der Waals surface area contributed by atoms with Gasteiger partial charge in [0.05, 0.1) is 11.9 Å². The number of nitrogens with zero attached hydrogens (tertiary/aromatic N) is 2. The van der Waals surface area contributed by atoms with Gasteiger partial charge in [0.25, 0.3) is 0 Å². The number of anilines is 1. The number of hydrogen-bond donors (Lipinski definition) is 1. The van der Waals surface area contributed by atoms with E-state index in [-0.39, 0.29) is 5.15 Å². The Balaban J connectivity index is 1.78. The molecule has 0 spiro atoms. The van der Waals surface area contributed by atoms with Crippen molar-refractivity contribution in [3.05, 3.63) is 23.2 Å². The van der Waals surface area contributed by atoms with Gasteiger partial charge in [-0.3, -0.25) is 0 Å². The largest absolute Gasteiger partial charge is 0.370 e. The Morgan fingerprint density at radius 2 is 2.24 bits per heavy atom. The highest BCUT2D eigenvalue weighted by Gasteiger charge is 2.32. The Kier molecular flexibility index (Phi) is 2.92. The molecule has 5 heteroatoms. The first-order valence-electron chi connectivity index (χ1n) is 6.01. The molecule has 2 aliphatic rings. The molecule has 3 rings (SSSR count). The van der Waals surface area contributed by atoms with Crippen molar-refractivity contribution in [3.8, 4) is 0 Å². The van der Waals surface area contributed by atoms with E-state index in [0.717, 1.165) is 37.8 Å². The zero-order chi connectivity index (χ0) is 11.8. The second kappa shape index (κ2) is 4.42. The first-order valence-corrected chi connectivity index (χ1v) is 6.38. The summed E-state index contributed by atoms with van der Waals surface area (Å²) in [4.78, 5) is 6.08. The van der Waals surface area contributed by atoms with E-state index < -0.39 is 5.82 Å². The molecule has 1 aromatic heterocycles. The van der Waals surface area contributed by atoms with Crippen LogP contribution in [0.2, 0.25) is 5.15 Å². The fraction of sp³-hybridized carbons (Fsp3) is 0.583. The number of halogens is 2. The maximum atomic E-state index is 13.4. The molecule has 0 saturated carbocycles. The fourth-order valence-corrected chi connectivity index (χ4v) is 2.96. The quantitative estimate of drug-likeness (QED) is 0.778. The Bertz CT molecular complexity index is 426. The summed E-state index contributed by atoms with van der Waals surface area (Å²) in [5.74, 6) is 1.04. The molecule has 0 amide bonds. The summed E-state index contributed by atoms with van der Waals surface area (Å²) in [5.41, 5.74) is 0.845. The van der Waals surface area contributed by atoms with Gasteiger partial charge >= 0.3 is 0 Å². The smallest absolute Gasteiger partial charge is 0.164 e. The van der Waals surface area contributed by atoms with Crippen molar-refractivity contribution in [1.29, 1.82) is 0 Å². The Morgan fingerprint density at radius 1 is 1.41 bits per heavy atom. The van der Waals surface area contributed by atoms with E-state index in [9.17, 15) is 4.39 Å². The van der Waals surface area contributed by atoms with Gasteiger partial charge in [-0.1, -0.05) is 11.6 Å². The molecular weight excluding hydrogens is 241 g/mol. The molecular formula is C12H15ClFN3. The van der Waals surface area contributed by atoms with E-state index in [2.05, 4.69) is 15.2 Å². The highest BCUT2D eigenvalue weighted by molar-refractivity contribution is 6.29. The Hall–Kier alpha value is -0.870. The third-order valence-electron chi connectivity index (χ3n) is 3.85. The summed E-state index contributed by atoms with van der Waals surface area (Å²) in [7, 11) is 0. The molecule has 0 unspecified atom stereocenters. The van der Waals surface area contributed by atoms with Crippen molar-refractivity contribution in [2.75, 3.05) is 31.1 Å². The third kappa shape index (κ3) is 2.11. The lowest BCUT2D eigenvalue weighted by atomic mass is 9.88. The van der Waals surface area contributed by atoms with Crippen LogP contribution in [0.5, 0.6) is 0 Å². The zero-order valence-electron chi connectivity index (χ0n) is 9.50. The van der Waals surface area contributed by atoms with Crippen LogP contribution in [0, 0.1) is 17.7 Å². The van der Waals surface area contributed by atoms with Crippen molar-refractivity contribution in [1.82, 2.24) is 10.3 Å². The van der Waals surface area contributed by atoms with Crippen LogP contribution in [-0.4, -0.2) is 31.2 Å². The van der Waals surface area contributed by atoms with Crippen molar-refractivity contribution in [3.63, 3.8) is 0 Å². The van der Waals surface area contributed by atoms with Gasteiger partial charge in [0, 0.05) is 19.2 Å². The van der Waals surface area contributed by atoms with E-state index in [0.29, 0.717) is 5.92 Å². The summed E-state index contributed by atoms with van der Waals surface area (Å²) < 4.78 is 13.4. The normalized spacial score (nSPS) is 28.2. The fourth-order valence-electron chi connectivity index (χ4n) is 2.85. The molecule has 1 N–H and O–H groups in total. The number of hydrogen-bond acceptors (Lipinski definition) is 3. The van der Waals surface area contributed by atoms with Gasteiger partial charge in [-0.25, -0.2) is 9.37 Å². The van der Waals surface area contributed by atoms with Crippen LogP contribution in [0.3, 0.4) is 0 Å². The van der Waals surface area contributed by atoms with E-state index in [1.165, 1.54) is 12.5 Å². The first-order chi connectivity index (χ1) is 8.24. The van der Waals surface area contributed by atoms with E-state index in [1.54, 1.807) is 6.20 Å². The minimum Gasteiger partial charge on any atom is -0.370 e. The van der Waals surface area contributed by atoms with Gasteiger partial charge in [-0.05, 0) is 31.3 Å². The summed E-state index contributed by atoms with van der Waals surface area (Å²) in [6.07, 6.45) is 2.83. The molecule has 92 valence electrons. The lowest BCUT2D eigenvalue weighted by molar-refractivity contribution is 0.348. The SMILES string of the molecule is Fc1cc(N2CC[C@@H]3CNC[C@@H]3C2)cnc1Cl. The molecule has 0 aliphatic carbocycles. The standard InChI is InChI=1S/C12H15ClFN3/c13-12-11(14)3-10(6-16-12)17-2-1-8-4-15-5-9(8)7-17/h3,6,8-9,15H,1-2,4-5,7H2/t8-,9-/m1/s1. The number of nitrogens with one attached hydrogen (secondary N) is 1. The van der Waals surface area contributed by atoms with Crippen LogP contribution < -0.4 is 10.2 Å². The molecule has 2 aliphatic heterocycles. The summed E-state index contributed by atoms with van der Waals surface area (Å²) in [6, 6.07) is 1.48. The molecule has 0 radical (unpaired) electrons. The summed E-state index contributed by atoms with van der Waals surface area (Å²) in [5, 5.41) is 3.37. The third-order valence-corrected chi connectivity index (χ3v) is 4.13. The monoisotopic (exact) mass is 255 g/mol. The molecule has 17 heavy (non-hydrogen) atoms. The van der Waals surface area contributed by atoms with Crippen LogP contribution in [-0.2, 0) is 0 Å². The van der Waals surface area contributed by atoms with Crippen molar-refractivity contribution >= 4 is 17.3 Å². The minimum absolute atomic E-state index is 0.0498. The van der Waals surface area contributed by atoms with Gasteiger partial charge in [-0.15, -0.1) is 0 Å². The maximum Gasteiger partial charge on any atom is 0.164 e. The van der Waals surface area contributed by atoms with E-state index in [4.69, 9.17) is 11.6 Å². The Labute approximate surface area is 105 Å². The molecule has 3 nitrogen and oxygen atoms in total. The lowest BCUT2D eigenvalue weighted by Gasteiger charge is -2.35. The van der Waals surface area contributed by atoms with Gasteiger partial charge < -0.3 is 10.2 Å². The zero-order valence-corrected chi connectivity index (χ0v) is 10.3. The number of rotatable bonds is 1. The van der Waals surface area contributed by atoms with Gasteiger partial charge in [0.1, 0.15) is 0 Å². The summed E-state index contributed by atoms with van der Waals surface area (Å²) >= 11 is 5.59. The molecule has 0 aromatic carbocycles. The minimum atomic E-state index is -0.434. The molecule has 2 saturated heterocycles. The average Bonchev–Trinajstić information content (AvgIpc) is 2.79. The van der Waals surface area contributed by atoms with E-state index >= 15 is 0 Å². The molecule has 1 aromatic rings. The van der Waals surface area contributed by atoms with Gasteiger partial charge in [0.2, 0.25) is 0 Å². The second-order valence-electron chi connectivity index (χ2n) is 4.88. The predicted octanol–water partition coefficient (Wildman–Crippen LogP) is 1.92. The van der Waals surface area contributed by atoms with Crippen LogP contribution in [0.1, 0.15) is 6.42 Å². The van der Waals surface area contributed by atoms with Crippen molar-refractivity contribution < 1.29 is 4.39 Å². The first kappa shape index (κ1) is 11.2. The molecule has 3 heterocycles. The second-order valence-corrected chi connectivity index (χ2v) is 5.24. The highest BCUT2D eigenvalue weighted by atomic mass is 35.5. The average molecular weight is 256 g/mol. The van der Waals surface area contributed by atoms with Crippen LogP contribution in [0.4, 0.5) is 10.1 Å². The highest BCUT2D eigenvalue weighted by Crippen LogP contribution is 2.30. The Morgan fingerprint density at radius 3 is 3.06 bits per heavy atom. The van der Waals surface area contributed by atoms with Gasteiger partial charge in [-0.2, -0.15) is 0 Å². The van der Waals surface area contributed by atoms with Crippen molar-refractivity contribution in [2.45, 2.75) is 6.42 Å². The molecule has 2 fully saturated rings.